The number of hydrogen-bond acceptors (Lipinski definition) is 7. The number of aromatic nitrogens is 5. The van der Waals surface area contributed by atoms with Gasteiger partial charge in [0.05, 0.1) is 17.3 Å². The zero-order valence-corrected chi connectivity index (χ0v) is 16.7. The predicted octanol–water partition coefficient (Wildman–Crippen LogP) is 0.216. The van der Waals surface area contributed by atoms with Crippen LogP contribution in [0.15, 0.2) is 29.1 Å². The molecule has 158 valence electrons. The van der Waals surface area contributed by atoms with Crippen LogP contribution in [0.5, 0.6) is 0 Å². The topological polar surface area (TPSA) is 134 Å². The lowest BCUT2D eigenvalue weighted by Crippen LogP contribution is -2.45. The lowest BCUT2D eigenvalue weighted by molar-refractivity contribution is -0.132. The molecule has 2 amide bonds. The molecule has 0 bridgehead atoms. The van der Waals surface area contributed by atoms with E-state index in [-0.39, 0.29) is 29.6 Å². The fraction of sp³-hybridized carbons (Fsp3) is 0.350. The summed E-state index contributed by atoms with van der Waals surface area (Å²) in [7, 11) is 0. The number of fused-ring (bicyclic) bond motifs is 2. The van der Waals surface area contributed by atoms with Crippen LogP contribution in [-0.4, -0.2) is 67.1 Å². The maximum atomic E-state index is 12.8. The molecule has 1 aromatic carbocycles. The number of hydrogen-bond donors (Lipinski definition) is 1. The predicted molar refractivity (Wildman–Crippen MR) is 109 cm³/mol. The molecule has 0 atom stereocenters. The Bertz CT molecular complexity index is 1290. The molecule has 5 rings (SSSR count). The lowest BCUT2D eigenvalue weighted by atomic mass is 10.1. The summed E-state index contributed by atoms with van der Waals surface area (Å²) in [5, 5.41) is 8.05. The average molecular weight is 421 g/mol. The van der Waals surface area contributed by atoms with Crippen LogP contribution in [0.25, 0.3) is 11.2 Å². The monoisotopic (exact) mass is 421 g/mol. The maximum Gasteiger partial charge on any atom is 0.299 e. The van der Waals surface area contributed by atoms with Crippen molar-refractivity contribution in [3.63, 3.8) is 0 Å². The molecule has 2 aromatic heterocycles. The van der Waals surface area contributed by atoms with Crippen molar-refractivity contribution in [3.8, 4) is 0 Å². The number of ketones is 1. The molecule has 0 radical (unpaired) electrons. The van der Waals surface area contributed by atoms with E-state index in [1.165, 1.54) is 4.90 Å². The highest BCUT2D eigenvalue weighted by Gasteiger charge is 2.37. The van der Waals surface area contributed by atoms with E-state index in [9.17, 15) is 19.2 Å². The molecule has 11 heteroatoms. The number of rotatable bonds is 3. The number of nitrogens with zero attached hydrogens (tertiary/aromatic N) is 6. The Labute approximate surface area is 175 Å². The Morgan fingerprint density at radius 3 is 2.68 bits per heavy atom. The molecule has 2 aliphatic heterocycles. The van der Waals surface area contributed by atoms with Crippen molar-refractivity contribution in [1.82, 2.24) is 29.9 Å². The van der Waals surface area contributed by atoms with Crippen molar-refractivity contribution < 1.29 is 14.4 Å². The number of likely N-dealkylation sites (tertiary alicyclic amines) is 1. The molecule has 31 heavy (non-hydrogen) atoms. The minimum atomic E-state index is -0.676. The van der Waals surface area contributed by atoms with Crippen molar-refractivity contribution >= 4 is 34.4 Å². The van der Waals surface area contributed by atoms with Gasteiger partial charge in [-0.15, -0.1) is 5.10 Å². The van der Waals surface area contributed by atoms with Gasteiger partial charge in [0.15, 0.2) is 11.2 Å². The largest absolute Gasteiger partial charge is 0.341 e. The lowest BCUT2D eigenvalue weighted by Gasteiger charge is -2.32. The summed E-state index contributed by atoms with van der Waals surface area (Å²) in [5.74, 6) is -0.993. The highest BCUT2D eigenvalue weighted by molar-refractivity contribution is 6.52. The first-order chi connectivity index (χ1) is 14.9. The molecule has 1 saturated heterocycles. The van der Waals surface area contributed by atoms with Crippen LogP contribution >= 0.6 is 0 Å². The Kier molecular flexibility index (Phi) is 4.38. The van der Waals surface area contributed by atoms with Crippen LogP contribution in [0, 0.1) is 6.92 Å². The van der Waals surface area contributed by atoms with E-state index in [4.69, 9.17) is 0 Å². The van der Waals surface area contributed by atoms with Crippen LogP contribution in [0.3, 0.4) is 0 Å². The summed E-state index contributed by atoms with van der Waals surface area (Å²) >= 11 is 0. The van der Waals surface area contributed by atoms with Gasteiger partial charge in [0.1, 0.15) is 12.4 Å². The Morgan fingerprint density at radius 2 is 1.90 bits per heavy atom. The molecule has 0 unspecified atom stereocenters. The first-order valence-corrected chi connectivity index (χ1v) is 9.99. The first-order valence-electron chi connectivity index (χ1n) is 9.99. The summed E-state index contributed by atoms with van der Waals surface area (Å²) < 4.78 is 1.65. The van der Waals surface area contributed by atoms with Crippen molar-refractivity contribution in [2.24, 2.45) is 0 Å². The quantitative estimate of drug-likeness (QED) is 0.598. The van der Waals surface area contributed by atoms with Gasteiger partial charge in [-0.25, -0.2) is 9.67 Å². The van der Waals surface area contributed by atoms with Crippen molar-refractivity contribution in [1.29, 1.82) is 0 Å². The number of H-pyrrole nitrogens is 1. The SMILES string of the molecule is Cc1nc2c(nnn2C2CCN(C(=O)CN3C(=O)C(=O)c4ccccc43)CC2)c(=O)[nH]1. The Balaban J connectivity index is 1.28. The standard InChI is InChI=1S/C20H19N7O4/c1-11-21-18-16(19(30)22-11)23-24-27(18)12-6-8-25(9-7-12)15(28)10-26-14-5-3-2-4-13(14)17(29)20(26)31/h2-5,12H,6-10H2,1H3,(H,21,22,30). The molecule has 0 saturated carbocycles. The minimum absolute atomic E-state index is 0.0431. The number of aryl methyl sites for hydroxylation is 1. The normalized spacial score (nSPS) is 16.9. The number of piperidine rings is 1. The van der Waals surface area contributed by atoms with Crippen molar-refractivity contribution in [3.05, 3.63) is 46.0 Å². The third-order valence-corrected chi connectivity index (χ3v) is 5.79. The van der Waals surface area contributed by atoms with E-state index < -0.39 is 11.7 Å². The van der Waals surface area contributed by atoms with Gasteiger partial charge in [-0.2, -0.15) is 0 Å². The van der Waals surface area contributed by atoms with E-state index in [2.05, 4.69) is 20.3 Å². The smallest absolute Gasteiger partial charge is 0.299 e. The number of amides is 2. The number of para-hydroxylation sites is 1. The molecule has 1 N–H and O–H groups in total. The molecule has 4 heterocycles. The zero-order valence-electron chi connectivity index (χ0n) is 16.7. The van der Waals surface area contributed by atoms with Crippen LogP contribution < -0.4 is 10.5 Å². The fourth-order valence-corrected chi connectivity index (χ4v) is 4.20. The van der Waals surface area contributed by atoms with E-state index in [0.29, 0.717) is 48.7 Å². The Morgan fingerprint density at radius 1 is 1.16 bits per heavy atom. The van der Waals surface area contributed by atoms with Crippen molar-refractivity contribution in [2.45, 2.75) is 25.8 Å². The molecular weight excluding hydrogens is 402 g/mol. The number of aromatic amines is 1. The highest BCUT2D eigenvalue weighted by atomic mass is 16.2. The van der Waals surface area contributed by atoms with Crippen LogP contribution in [0.1, 0.15) is 35.1 Å². The van der Waals surface area contributed by atoms with Crippen LogP contribution in [0.4, 0.5) is 5.69 Å². The number of Topliss-reactive ketones (excluding diaryl/α,β-unsaturated/α-hetero) is 1. The van der Waals surface area contributed by atoms with Gasteiger partial charge in [-0.3, -0.25) is 24.1 Å². The van der Waals surface area contributed by atoms with Crippen LogP contribution in [-0.2, 0) is 9.59 Å². The second-order valence-corrected chi connectivity index (χ2v) is 7.71. The minimum Gasteiger partial charge on any atom is -0.341 e. The van der Waals surface area contributed by atoms with E-state index >= 15 is 0 Å². The van der Waals surface area contributed by atoms with Gasteiger partial charge in [-0.1, -0.05) is 17.3 Å². The number of nitrogens with one attached hydrogen (secondary N) is 1. The second-order valence-electron chi connectivity index (χ2n) is 7.71. The molecule has 1 fully saturated rings. The number of carbonyl (C=O) groups excluding carboxylic acids is 3. The third-order valence-electron chi connectivity index (χ3n) is 5.79. The number of anilines is 1. The van der Waals surface area contributed by atoms with E-state index in [0.717, 1.165) is 0 Å². The van der Waals surface area contributed by atoms with Gasteiger partial charge in [0, 0.05) is 13.1 Å². The molecule has 0 spiro atoms. The van der Waals surface area contributed by atoms with Gasteiger partial charge >= 0.3 is 0 Å². The number of carbonyl (C=O) groups is 3. The maximum absolute atomic E-state index is 12.8. The third kappa shape index (κ3) is 3.09. The average Bonchev–Trinajstić information content (AvgIpc) is 3.29. The summed E-state index contributed by atoms with van der Waals surface area (Å²) in [6.07, 6.45) is 1.22. The van der Waals surface area contributed by atoms with E-state index in [1.54, 1.807) is 40.8 Å². The molecular formula is C20H19N7O4. The van der Waals surface area contributed by atoms with E-state index in [1.807, 2.05) is 0 Å². The number of benzene rings is 1. The zero-order chi connectivity index (χ0) is 21.7. The van der Waals surface area contributed by atoms with Gasteiger partial charge in [-0.05, 0) is 31.9 Å². The first kappa shape index (κ1) is 19.1. The summed E-state index contributed by atoms with van der Waals surface area (Å²) in [6.45, 7) is 2.45. The van der Waals surface area contributed by atoms with Crippen molar-refractivity contribution in [2.75, 3.05) is 24.5 Å². The van der Waals surface area contributed by atoms with Crippen LogP contribution in [0.2, 0.25) is 0 Å². The Hall–Kier alpha value is -3.89. The second kappa shape index (κ2) is 7.11. The van der Waals surface area contributed by atoms with Gasteiger partial charge in [0.2, 0.25) is 5.91 Å². The molecule has 2 aliphatic rings. The fourth-order valence-electron chi connectivity index (χ4n) is 4.20. The molecule has 11 nitrogen and oxygen atoms in total. The summed E-state index contributed by atoms with van der Waals surface area (Å²) in [4.78, 5) is 59.2. The van der Waals surface area contributed by atoms with Gasteiger partial charge in [0.25, 0.3) is 17.2 Å². The van der Waals surface area contributed by atoms with Gasteiger partial charge < -0.3 is 9.88 Å². The summed E-state index contributed by atoms with van der Waals surface area (Å²) in [6, 6.07) is 6.65. The molecule has 3 aromatic rings. The molecule has 0 aliphatic carbocycles. The highest BCUT2D eigenvalue weighted by Crippen LogP contribution is 2.29. The summed E-state index contributed by atoms with van der Waals surface area (Å²) in [5.41, 5.74) is 1.10.